The fourth-order valence-electron chi connectivity index (χ4n) is 1.63. The molecule has 1 aromatic rings. The predicted octanol–water partition coefficient (Wildman–Crippen LogP) is 0.495. The lowest BCUT2D eigenvalue weighted by atomic mass is 10.1. The second kappa shape index (κ2) is 3.79. The first kappa shape index (κ1) is 9.21. The molecule has 2 heterocycles. The van der Waals surface area contributed by atoms with Crippen molar-refractivity contribution in [3.05, 3.63) is 17.5 Å². The van der Waals surface area contributed by atoms with E-state index in [0.29, 0.717) is 17.7 Å². The van der Waals surface area contributed by atoms with Gasteiger partial charge in [-0.1, -0.05) is 5.16 Å². The van der Waals surface area contributed by atoms with Crippen molar-refractivity contribution in [3.8, 4) is 0 Å². The van der Waals surface area contributed by atoms with E-state index in [1.54, 1.807) is 0 Å². The van der Waals surface area contributed by atoms with Crippen LogP contribution in [0.25, 0.3) is 0 Å². The molecular weight excluding hydrogens is 184 g/mol. The quantitative estimate of drug-likeness (QED) is 0.763. The van der Waals surface area contributed by atoms with Gasteiger partial charge in [-0.25, -0.2) is 0 Å². The van der Waals surface area contributed by atoms with Crippen LogP contribution < -0.4 is 5.73 Å². The topological polar surface area (TPSA) is 78.4 Å². The first-order valence-electron chi connectivity index (χ1n) is 4.62. The number of hydrogen-bond donors (Lipinski definition) is 1. The van der Waals surface area contributed by atoms with E-state index >= 15 is 0 Å². The van der Waals surface area contributed by atoms with E-state index < -0.39 is 5.91 Å². The highest BCUT2D eigenvalue weighted by molar-refractivity contribution is 5.93. The van der Waals surface area contributed by atoms with Crippen molar-refractivity contribution in [1.29, 1.82) is 0 Å². The normalized spacial score (nSPS) is 21.3. The zero-order valence-electron chi connectivity index (χ0n) is 7.73. The van der Waals surface area contributed by atoms with Gasteiger partial charge < -0.3 is 15.0 Å². The fraction of sp³-hybridized carbons (Fsp3) is 0.556. The third-order valence-electron chi connectivity index (χ3n) is 2.35. The molecule has 76 valence electrons. The van der Waals surface area contributed by atoms with Crippen LogP contribution in [0.2, 0.25) is 0 Å². The van der Waals surface area contributed by atoms with Crippen LogP contribution >= 0.6 is 0 Å². The minimum absolute atomic E-state index is 0.151. The Hall–Kier alpha value is -1.36. The van der Waals surface area contributed by atoms with Crippen molar-refractivity contribution in [2.75, 3.05) is 6.61 Å². The monoisotopic (exact) mass is 196 g/mol. The minimum atomic E-state index is -0.501. The smallest absolute Gasteiger partial charge is 0.253 e. The molecule has 1 saturated heterocycles. The number of ether oxygens (including phenoxy) is 1. The van der Waals surface area contributed by atoms with Gasteiger partial charge >= 0.3 is 0 Å². The summed E-state index contributed by atoms with van der Waals surface area (Å²) < 4.78 is 10.1. The maximum absolute atomic E-state index is 10.9. The van der Waals surface area contributed by atoms with Gasteiger partial charge in [0, 0.05) is 13.0 Å². The van der Waals surface area contributed by atoms with Crippen LogP contribution in [0.5, 0.6) is 0 Å². The van der Waals surface area contributed by atoms with Crippen LogP contribution in [-0.4, -0.2) is 23.8 Å². The lowest BCUT2D eigenvalue weighted by Crippen LogP contribution is -2.16. The second-order valence-corrected chi connectivity index (χ2v) is 3.38. The van der Waals surface area contributed by atoms with E-state index in [2.05, 4.69) is 5.16 Å². The molecule has 2 rings (SSSR count). The van der Waals surface area contributed by atoms with Crippen LogP contribution in [0.1, 0.15) is 28.9 Å². The second-order valence-electron chi connectivity index (χ2n) is 3.38. The molecular formula is C9H12N2O3. The molecule has 0 spiro atoms. The molecule has 0 bridgehead atoms. The molecule has 1 aliphatic heterocycles. The zero-order valence-corrected chi connectivity index (χ0v) is 7.73. The van der Waals surface area contributed by atoms with Gasteiger partial charge in [-0.3, -0.25) is 4.79 Å². The lowest BCUT2D eigenvalue weighted by Gasteiger charge is -2.06. The highest BCUT2D eigenvalue weighted by atomic mass is 16.5. The maximum Gasteiger partial charge on any atom is 0.253 e. The van der Waals surface area contributed by atoms with Crippen molar-refractivity contribution in [2.45, 2.75) is 25.4 Å². The predicted molar refractivity (Wildman–Crippen MR) is 47.7 cm³/mol. The first-order chi connectivity index (χ1) is 6.77. The molecule has 0 aromatic carbocycles. The number of primary amides is 1. The van der Waals surface area contributed by atoms with Gasteiger partial charge in [-0.05, 0) is 12.8 Å². The average Bonchev–Trinajstić information content (AvgIpc) is 2.75. The summed E-state index contributed by atoms with van der Waals surface area (Å²) in [5.74, 6) is -0.501. The summed E-state index contributed by atoms with van der Waals surface area (Å²) in [4.78, 5) is 10.9. The lowest BCUT2D eigenvalue weighted by molar-refractivity contribution is 0.0993. The molecule has 1 aliphatic rings. The highest BCUT2D eigenvalue weighted by Gasteiger charge is 2.21. The van der Waals surface area contributed by atoms with Gasteiger partial charge in [0.2, 0.25) is 0 Å². The minimum Gasteiger partial charge on any atom is -0.378 e. The van der Waals surface area contributed by atoms with Crippen molar-refractivity contribution >= 4 is 5.91 Å². The number of hydrogen-bond acceptors (Lipinski definition) is 4. The molecule has 5 nitrogen and oxygen atoms in total. The fourth-order valence-corrected chi connectivity index (χ4v) is 1.63. The van der Waals surface area contributed by atoms with E-state index in [1.807, 2.05) is 0 Å². The van der Waals surface area contributed by atoms with Gasteiger partial charge in [0.15, 0.2) is 0 Å². The van der Waals surface area contributed by atoms with Gasteiger partial charge in [-0.15, -0.1) is 0 Å². The Morgan fingerprint density at radius 3 is 3.21 bits per heavy atom. The molecule has 14 heavy (non-hydrogen) atoms. The Kier molecular flexibility index (Phi) is 2.49. The summed E-state index contributed by atoms with van der Waals surface area (Å²) in [5, 5.41) is 3.75. The summed E-state index contributed by atoms with van der Waals surface area (Å²) in [5.41, 5.74) is 6.12. The molecule has 1 unspecified atom stereocenters. The van der Waals surface area contributed by atoms with E-state index in [0.717, 1.165) is 19.4 Å². The Labute approximate surface area is 81.2 Å². The molecule has 1 amide bonds. The molecule has 5 heteroatoms. The molecule has 1 aromatic heterocycles. The van der Waals surface area contributed by atoms with Crippen molar-refractivity contribution < 1.29 is 14.1 Å². The average molecular weight is 196 g/mol. The maximum atomic E-state index is 10.9. The van der Waals surface area contributed by atoms with Crippen LogP contribution in [0.4, 0.5) is 0 Å². The van der Waals surface area contributed by atoms with Crippen molar-refractivity contribution in [1.82, 2.24) is 5.16 Å². The van der Waals surface area contributed by atoms with Crippen LogP contribution in [0.3, 0.4) is 0 Å². The van der Waals surface area contributed by atoms with E-state index in [9.17, 15) is 4.79 Å². The van der Waals surface area contributed by atoms with Gasteiger partial charge in [-0.2, -0.15) is 0 Å². The summed E-state index contributed by atoms with van der Waals surface area (Å²) in [7, 11) is 0. The van der Waals surface area contributed by atoms with Crippen molar-refractivity contribution in [3.63, 3.8) is 0 Å². The van der Waals surface area contributed by atoms with Crippen molar-refractivity contribution in [2.24, 2.45) is 5.73 Å². The Balaban J connectivity index is 2.07. The Morgan fingerprint density at radius 2 is 2.57 bits per heavy atom. The van der Waals surface area contributed by atoms with Gasteiger partial charge in [0.1, 0.15) is 11.8 Å². The number of nitrogens with zero attached hydrogens (tertiary/aromatic N) is 1. The van der Waals surface area contributed by atoms with E-state index in [4.69, 9.17) is 15.0 Å². The summed E-state index contributed by atoms with van der Waals surface area (Å²) in [6.45, 7) is 0.786. The standard InChI is InChI=1S/C9H12N2O3/c10-9(12)7-5-14-11-8(7)4-6-2-1-3-13-6/h5-6H,1-4H2,(H2,10,12). The number of amides is 1. The zero-order chi connectivity index (χ0) is 9.97. The summed E-state index contributed by atoms with van der Waals surface area (Å²) >= 11 is 0. The molecule has 1 atom stereocenters. The Bertz CT molecular complexity index is 329. The molecule has 1 fully saturated rings. The largest absolute Gasteiger partial charge is 0.378 e. The number of rotatable bonds is 3. The number of aromatic nitrogens is 1. The number of carbonyl (C=O) groups excluding carboxylic acids is 1. The molecule has 0 saturated carbocycles. The van der Waals surface area contributed by atoms with E-state index in [-0.39, 0.29) is 6.10 Å². The summed E-state index contributed by atoms with van der Waals surface area (Å²) in [6, 6.07) is 0. The van der Waals surface area contributed by atoms with Crippen LogP contribution in [-0.2, 0) is 11.2 Å². The molecule has 0 radical (unpaired) electrons. The van der Waals surface area contributed by atoms with E-state index in [1.165, 1.54) is 6.26 Å². The number of carbonyl (C=O) groups is 1. The summed E-state index contributed by atoms with van der Waals surface area (Å²) in [6.07, 6.45) is 4.11. The van der Waals surface area contributed by atoms with Gasteiger partial charge in [0.25, 0.3) is 5.91 Å². The van der Waals surface area contributed by atoms with Gasteiger partial charge in [0.05, 0.1) is 11.8 Å². The van der Waals surface area contributed by atoms with Crippen LogP contribution in [0.15, 0.2) is 10.8 Å². The van der Waals surface area contributed by atoms with Crippen LogP contribution in [0, 0.1) is 0 Å². The first-order valence-corrected chi connectivity index (χ1v) is 4.62. The molecule has 2 N–H and O–H groups in total. The molecule has 0 aliphatic carbocycles. The SMILES string of the molecule is NC(=O)c1conc1CC1CCCO1. The highest BCUT2D eigenvalue weighted by Crippen LogP contribution is 2.18. The third-order valence-corrected chi connectivity index (χ3v) is 2.35. The third kappa shape index (κ3) is 1.77. The number of nitrogens with two attached hydrogens (primary N) is 1. The Morgan fingerprint density at radius 1 is 1.71 bits per heavy atom.